The van der Waals surface area contributed by atoms with Gasteiger partial charge in [-0.3, -0.25) is 4.68 Å². The van der Waals surface area contributed by atoms with Crippen LogP contribution in [0.25, 0.3) is 0 Å². The minimum absolute atomic E-state index is 0.711. The molecule has 4 nitrogen and oxygen atoms in total. The Morgan fingerprint density at radius 2 is 2.21 bits per heavy atom. The highest BCUT2D eigenvalue weighted by Gasteiger charge is 2.05. The van der Waals surface area contributed by atoms with Crippen molar-refractivity contribution in [3.63, 3.8) is 0 Å². The van der Waals surface area contributed by atoms with Crippen LogP contribution in [-0.2, 0) is 13.6 Å². The molecule has 0 saturated heterocycles. The maximum absolute atomic E-state index is 4.27. The summed E-state index contributed by atoms with van der Waals surface area (Å²) in [4.78, 5) is 4.05. The minimum atomic E-state index is 0.711. The van der Waals surface area contributed by atoms with Gasteiger partial charge in [-0.2, -0.15) is 5.10 Å². The number of aromatic nitrogens is 4. The molecule has 0 amide bonds. The summed E-state index contributed by atoms with van der Waals surface area (Å²) in [5.41, 5.74) is 1.11. The fourth-order valence-corrected chi connectivity index (χ4v) is 2.30. The van der Waals surface area contributed by atoms with Gasteiger partial charge in [-0.25, -0.2) is 4.98 Å². The molecule has 0 aliphatic rings. The first kappa shape index (κ1) is 9.92. The van der Waals surface area contributed by atoms with Gasteiger partial charge in [-0.15, -0.1) is 0 Å². The van der Waals surface area contributed by atoms with Crippen molar-refractivity contribution in [2.75, 3.05) is 0 Å². The highest BCUT2D eigenvalue weighted by atomic mass is 79.9. The number of halogens is 2. The quantitative estimate of drug-likeness (QED) is 0.850. The van der Waals surface area contributed by atoms with Crippen LogP contribution in [0.3, 0.4) is 0 Å². The Labute approximate surface area is 98.2 Å². The number of rotatable bonds is 2. The largest absolute Gasteiger partial charge is 0.336 e. The third-order valence-electron chi connectivity index (χ3n) is 1.93. The van der Waals surface area contributed by atoms with E-state index >= 15 is 0 Å². The Morgan fingerprint density at radius 3 is 2.71 bits per heavy atom. The molecule has 0 aliphatic carbocycles. The molecule has 0 radical (unpaired) electrons. The van der Waals surface area contributed by atoms with Crippen molar-refractivity contribution in [1.82, 2.24) is 19.3 Å². The van der Waals surface area contributed by atoms with Crippen LogP contribution < -0.4 is 0 Å². The smallest absolute Gasteiger partial charge is 0.129 e. The Balaban J connectivity index is 2.27. The van der Waals surface area contributed by atoms with E-state index in [9.17, 15) is 0 Å². The lowest BCUT2D eigenvalue weighted by molar-refractivity contribution is 0.633. The van der Waals surface area contributed by atoms with E-state index in [1.54, 1.807) is 6.33 Å². The molecule has 0 unspecified atom stereocenters. The molecule has 2 aromatic heterocycles. The van der Waals surface area contributed by atoms with Crippen LogP contribution in [0.1, 0.15) is 5.69 Å². The summed E-state index contributed by atoms with van der Waals surface area (Å²) in [7, 11) is 1.97. The van der Waals surface area contributed by atoms with Crippen molar-refractivity contribution in [1.29, 1.82) is 0 Å². The predicted molar refractivity (Wildman–Crippen MR) is 59.9 cm³/mol. The molecular formula is C8H8Br2N4. The Bertz CT molecular complexity index is 446. The summed E-state index contributed by atoms with van der Waals surface area (Å²) in [6.45, 7) is 0.711. The molecule has 0 aromatic carbocycles. The van der Waals surface area contributed by atoms with E-state index < -0.39 is 0 Å². The molecule has 0 saturated carbocycles. The molecule has 2 heterocycles. The summed E-state index contributed by atoms with van der Waals surface area (Å²) in [5, 5.41) is 4.27. The van der Waals surface area contributed by atoms with Gasteiger partial charge < -0.3 is 4.57 Å². The van der Waals surface area contributed by atoms with Gasteiger partial charge in [0.05, 0.1) is 24.8 Å². The lowest BCUT2D eigenvalue weighted by atomic mass is 10.5. The summed E-state index contributed by atoms with van der Waals surface area (Å²) >= 11 is 6.75. The maximum Gasteiger partial charge on any atom is 0.129 e. The maximum atomic E-state index is 4.27. The standard InChI is InChI=1S/C8H8Br2N4/c1-13-5-11-3-6(13)4-14-8(10)2-7(9)12-14/h2-3,5H,4H2,1H3. The van der Waals surface area contributed by atoms with Gasteiger partial charge in [0, 0.05) is 13.1 Å². The van der Waals surface area contributed by atoms with Crippen LogP contribution in [0.2, 0.25) is 0 Å². The van der Waals surface area contributed by atoms with Crippen molar-refractivity contribution in [3.8, 4) is 0 Å². The fraction of sp³-hybridized carbons (Fsp3) is 0.250. The molecule has 0 aliphatic heterocycles. The van der Waals surface area contributed by atoms with Gasteiger partial charge in [-0.05, 0) is 31.9 Å². The lowest BCUT2D eigenvalue weighted by Crippen LogP contribution is -2.05. The zero-order valence-corrected chi connectivity index (χ0v) is 10.7. The zero-order chi connectivity index (χ0) is 10.1. The number of hydrogen-bond donors (Lipinski definition) is 0. The van der Waals surface area contributed by atoms with Crippen LogP contribution in [0.4, 0.5) is 0 Å². The lowest BCUT2D eigenvalue weighted by Gasteiger charge is -2.03. The number of imidazole rings is 1. The third-order valence-corrected chi connectivity index (χ3v) is 2.96. The summed E-state index contributed by atoms with van der Waals surface area (Å²) in [5.74, 6) is 0. The molecule has 0 spiro atoms. The minimum Gasteiger partial charge on any atom is -0.336 e. The van der Waals surface area contributed by atoms with Crippen molar-refractivity contribution in [2.24, 2.45) is 7.05 Å². The number of hydrogen-bond acceptors (Lipinski definition) is 2. The van der Waals surface area contributed by atoms with Gasteiger partial charge in [0.2, 0.25) is 0 Å². The van der Waals surface area contributed by atoms with E-state index in [0.29, 0.717) is 6.54 Å². The van der Waals surface area contributed by atoms with Crippen molar-refractivity contribution < 1.29 is 0 Å². The Kier molecular flexibility index (Phi) is 2.73. The van der Waals surface area contributed by atoms with E-state index in [4.69, 9.17) is 0 Å². The monoisotopic (exact) mass is 318 g/mol. The Morgan fingerprint density at radius 1 is 1.43 bits per heavy atom. The molecule has 0 fully saturated rings. The number of aryl methyl sites for hydroxylation is 1. The second-order valence-corrected chi connectivity index (χ2v) is 4.57. The van der Waals surface area contributed by atoms with Crippen molar-refractivity contribution in [2.45, 2.75) is 6.54 Å². The molecular weight excluding hydrogens is 312 g/mol. The van der Waals surface area contributed by atoms with Crippen LogP contribution in [-0.4, -0.2) is 19.3 Å². The third kappa shape index (κ3) is 1.90. The molecule has 0 bridgehead atoms. The van der Waals surface area contributed by atoms with Gasteiger partial charge in [0.15, 0.2) is 0 Å². The van der Waals surface area contributed by atoms with Crippen LogP contribution in [0.15, 0.2) is 27.8 Å². The molecule has 6 heteroatoms. The topological polar surface area (TPSA) is 35.6 Å². The SMILES string of the molecule is Cn1cncc1Cn1nc(Br)cc1Br. The van der Waals surface area contributed by atoms with Gasteiger partial charge >= 0.3 is 0 Å². The van der Waals surface area contributed by atoms with Crippen LogP contribution in [0.5, 0.6) is 0 Å². The molecule has 2 rings (SSSR count). The fourth-order valence-electron chi connectivity index (χ4n) is 1.17. The van der Waals surface area contributed by atoms with E-state index in [2.05, 4.69) is 41.9 Å². The Hall–Kier alpha value is -0.620. The molecule has 74 valence electrons. The second-order valence-electron chi connectivity index (χ2n) is 2.94. The number of nitrogens with zero attached hydrogens (tertiary/aromatic N) is 4. The van der Waals surface area contributed by atoms with Gasteiger partial charge in [0.1, 0.15) is 9.21 Å². The summed E-state index contributed by atoms with van der Waals surface area (Å²) in [6.07, 6.45) is 3.61. The summed E-state index contributed by atoms with van der Waals surface area (Å²) in [6, 6.07) is 1.91. The molecule has 0 N–H and O–H groups in total. The van der Waals surface area contributed by atoms with E-state index in [0.717, 1.165) is 14.9 Å². The van der Waals surface area contributed by atoms with Gasteiger partial charge in [0.25, 0.3) is 0 Å². The molecule has 14 heavy (non-hydrogen) atoms. The zero-order valence-electron chi connectivity index (χ0n) is 7.48. The van der Waals surface area contributed by atoms with Crippen LogP contribution >= 0.6 is 31.9 Å². The molecule has 2 aromatic rings. The predicted octanol–water partition coefficient (Wildman–Crippen LogP) is 2.19. The second kappa shape index (κ2) is 3.86. The average molecular weight is 320 g/mol. The first-order valence-corrected chi connectivity index (χ1v) is 5.59. The van der Waals surface area contributed by atoms with E-state index in [1.807, 2.05) is 28.6 Å². The first-order valence-electron chi connectivity index (χ1n) is 4.01. The van der Waals surface area contributed by atoms with E-state index in [-0.39, 0.29) is 0 Å². The van der Waals surface area contributed by atoms with Crippen LogP contribution in [0, 0.1) is 0 Å². The van der Waals surface area contributed by atoms with E-state index in [1.165, 1.54) is 0 Å². The summed E-state index contributed by atoms with van der Waals surface area (Å²) < 4.78 is 5.61. The highest BCUT2D eigenvalue weighted by molar-refractivity contribution is 9.11. The average Bonchev–Trinajstić information content (AvgIpc) is 2.62. The first-order chi connectivity index (χ1) is 6.66. The molecule has 0 atom stereocenters. The van der Waals surface area contributed by atoms with Crippen molar-refractivity contribution in [3.05, 3.63) is 33.5 Å². The van der Waals surface area contributed by atoms with Crippen molar-refractivity contribution >= 4 is 31.9 Å². The van der Waals surface area contributed by atoms with Gasteiger partial charge in [-0.1, -0.05) is 0 Å². The highest BCUT2D eigenvalue weighted by Crippen LogP contribution is 2.17. The normalized spacial score (nSPS) is 10.8.